The van der Waals surface area contributed by atoms with Crippen molar-refractivity contribution in [2.24, 2.45) is 5.73 Å². The van der Waals surface area contributed by atoms with Crippen LogP contribution in [0.1, 0.15) is 11.3 Å². The predicted octanol–water partition coefficient (Wildman–Crippen LogP) is 2.27. The SMILES string of the molecule is NC(=S)c1cnc(NCc2cccc3cccnc23)cn1. The van der Waals surface area contributed by atoms with Crippen LogP contribution in [0, 0.1) is 0 Å². The van der Waals surface area contributed by atoms with Gasteiger partial charge in [-0.2, -0.15) is 0 Å². The minimum atomic E-state index is 0.243. The molecule has 0 aliphatic rings. The molecule has 0 amide bonds. The molecule has 2 aromatic heterocycles. The number of benzene rings is 1. The van der Waals surface area contributed by atoms with Crippen molar-refractivity contribution in [3.63, 3.8) is 0 Å². The average Bonchev–Trinajstić information content (AvgIpc) is 2.53. The first-order valence-electron chi connectivity index (χ1n) is 6.42. The number of nitrogens with zero attached hydrogens (tertiary/aromatic N) is 3. The highest BCUT2D eigenvalue weighted by Gasteiger charge is 2.03. The lowest BCUT2D eigenvalue weighted by atomic mass is 10.1. The van der Waals surface area contributed by atoms with Gasteiger partial charge < -0.3 is 11.1 Å². The number of pyridine rings is 1. The molecule has 5 nitrogen and oxygen atoms in total. The molecule has 3 N–H and O–H groups in total. The normalized spacial score (nSPS) is 10.5. The molecule has 0 unspecified atom stereocenters. The number of anilines is 1. The molecule has 0 atom stereocenters. The van der Waals surface area contributed by atoms with E-state index in [1.54, 1.807) is 18.6 Å². The highest BCUT2D eigenvalue weighted by molar-refractivity contribution is 7.80. The van der Waals surface area contributed by atoms with Gasteiger partial charge in [0.2, 0.25) is 0 Å². The Morgan fingerprint density at radius 3 is 2.71 bits per heavy atom. The summed E-state index contributed by atoms with van der Waals surface area (Å²) in [5, 5.41) is 4.34. The highest BCUT2D eigenvalue weighted by atomic mass is 32.1. The zero-order valence-electron chi connectivity index (χ0n) is 11.2. The van der Waals surface area contributed by atoms with Crippen molar-refractivity contribution < 1.29 is 0 Å². The Morgan fingerprint density at radius 2 is 1.95 bits per heavy atom. The molecule has 1 aromatic carbocycles. The van der Waals surface area contributed by atoms with Gasteiger partial charge in [0.05, 0.1) is 17.9 Å². The molecule has 0 aliphatic carbocycles. The van der Waals surface area contributed by atoms with Crippen molar-refractivity contribution in [2.45, 2.75) is 6.54 Å². The first-order valence-corrected chi connectivity index (χ1v) is 6.83. The third-order valence-corrected chi connectivity index (χ3v) is 3.29. The minimum Gasteiger partial charge on any atom is -0.388 e. The van der Waals surface area contributed by atoms with E-state index in [2.05, 4.69) is 20.3 Å². The van der Waals surface area contributed by atoms with Crippen LogP contribution in [0.2, 0.25) is 0 Å². The van der Waals surface area contributed by atoms with Crippen LogP contribution in [0.5, 0.6) is 0 Å². The summed E-state index contributed by atoms with van der Waals surface area (Å²) in [6.07, 6.45) is 4.97. The number of rotatable bonds is 4. The largest absolute Gasteiger partial charge is 0.388 e. The van der Waals surface area contributed by atoms with Gasteiger partial charge in [-0.25, -0.2) is 9.97 Å². The fraction of sp³-hybridized carbons (Fsp3) is 0.0667. The van der Waals surface area contributed by atoms with Gasteiger partial charge in [0.1, 0.15) is 16.5 Å². The summed E-state index contributed by atoms with van der Waals surface area (Å²) >= 11 is 4.85. The Kier molecular flexibility index (Phi) is 3.70. The summed E-state index contributed by atoms with van der Waals surface area (Å²) in [6.45, 7) is 0.620. The summed E-state index contributed by atoms with van der Waals surface area (Å²) in [6, 6.07) is 10.1. The van der Waals surface area contributed by atoms with Gasteiger partial charge in [0, 0.05) is 18.1 Å². The number of hydrogen-bond acceptors (Lipinski definition) is 5. The lowest BCUT2D eigenvalue weighted by Crippen LogP contribution is -2.12. The van der Waals surface area contributed by atoms with Crippen molar-refractivity contribution in [3.05, 3.63) is 60.2 Å². The fourth-order valence-corrected chi connectivity index (χ4v) is 2.15. The van der Waals surface area contributed by atoms with E-state index >= 15 is 0 Å². The minimum absolute atomic E-state index is 0.243. The lowest BCUT2D eigenvalue weighted by Gasteiger charge is -2.08. The Morgan fingerprint density at radius 1 is 1.10 bits per heavy atom. The van der Waals surface area contributed by atoms with Gasteiger partial charge in [0.25, 0.3) is 0 Å². The Labute approximate surface area is 127 Å². The number of fused-ring (bicyclic) bond motifs is 1. The lowest BCUT2D eigenvalue weighted by molar-refractivity contribution is 1.08. The van der Waals surface area contributed by atoms with Crippen LogP contribution in [-0.4, -0.2) is 19.9 Å². The zero-order chi connectivity index (χ0) is 14.7. The summed E-state index contributed by atoms with van der Waals surface area (Å²) < 4.78 is 0. The molecular weight excluding hydrogens is 282 g/mol. The van der Waals surface area contributed by atoms with Crippen LogP contribution in [0.4, 0.5) is 5.82 Å². The smallest absolute Gasteiger partial charge is 0.144 e. The van der Waals surface area contributed by atoms with Gasteiger partial charge in [-0.1, -0.05) is 36.5 Å². The topological polar surface area (TPSA) is 76.7 Å². The van der Waals surface area contributed by atoms with Crippen molar-refractivity contribution in [2.75, 3.05) is 5.32 Å². The first kappa shape index (κ1) is 13.4. The number of nitrogens with one attached hydrogen (secondary N) is 1. The predicted molar refractivity (Wildman–Crippen MR) is 87.0 cm³/mol. The Bertz CT molecular complexity index is 780. The summed E-state index contributed by atoms with van der Waals surface area (Å²) in [5.74, 6) is 0.669. The Hall–Kier alpha value is -2.60. The zero-order valence-corrected chi connectivity index (χ0v) is 12.0. The summed E-state index contributed by atoms with van der Waals surface area (Å²) in [4.78, 5) is 13.0. The maximum Gasteiger partial charge on any atom is 0.144 e. The molecule has 0 fully saturated rings. The quantitative estimate of drug-likeness (QED) is 0.719. The van der Waals surface area contributed by atoms with E-state index in [-0.39, 0.29) is 4.99 Å². The molecule has 0 aliphatic heterocycles. The van der Waals surface area contributed by atoms with Crippen molar-refractivity contribution in [1.29, 1.82) is 0 Å². The van der Waals surface area contributed by atoms with Gasteiger partial charge >= 0.3 is 0 Å². The van der Waals surface area contributed by atoms with E-state index in [9.17, 15) is 0 Å². The van der Waals surface area contributed by atoms with Crippen LogP contribution < -0.4 is 11.1 Å². The van der Waals surface area contributed by atoms with E-state index in [1.165, 1.54) is 0 Å². The van der Waals surface area contributed by atoms with Crippen LogP contribution in [0.15, 0.2) is 48.9 Å². The van der Waals surface area contributed by atoms with Gasteiger partial charge in [-0.05, 0) is 11.6 Å². The molecule has 0 radical (unpaired) electrons. The molecule has 21 heavy (non-hydrogen) atoms. The van der Waals surface area contributed by atoms with E-state index in [0.717, 1.165) is 16.5 Å². The molecule has 3 rings (SSSR count). The van der Waals surface area contributed by atoms with E-state index in [0.29, 0.717) is 18.1 Å². The van der Waals surface area contributed by atoms with Gasteiger partial charge in [0.15, 0.2) is 0 Å². The maximum atomic E-state index is 5.49. The van der Waals surface area contributed by atoms with Crippen molar-refractivity contribution in [3.8, 4) is 0 Å². The number of para-hydroxylation sites is 1. The maximum absolute atomic E-state index is 5.49. The number of hydrogen-bond donors (Lipinski definition) is 2. The fourth-order valence-electron chi connectivity index (χ4n) is 2.04. The second-order valence-electron chi connectivity index (χ2n) is 4.50. The molecule has 104 valence electrons. The van der Waals surface area contributed by atoms with E-state index in [1.807, 2.05) is 30.3 Å². The third-order valence-electron chi connectivity index (χ3n) is 3.08. The third kappa shape index (κ3) is 2.95. The first-order chi connectivity index (χ1) is 10.2. The average molecular weight is 295 g/mol. The highest BCUT2D eigenvalue weighted by Crippen LogP contribution is 2.16. The standard InChI is InChI=1S/C15H13N5S/c16-15(21)12-8-20-13(9-18-12)19-7-11-4-1-3-10-5-2-6-17-14(10)11/h1-6,8-9H,7H2,(H2,16,21)(H,19,20). The van der Waals surface area contributed by atoms with E-state index in [4.69, 9.17) is 18.0 Å². The number of thiocarbonyl (C=S) groups is 1. The molecule has 0 saturated heterocycles. The van der Waals surface area contributed by atoms with Crippen LogP contribution in [-0.2, 0) is 6.54 Å². The van der Waals surface area contributed by atoms with Crippen LogP contribution >= 0.6 is 12.2 Å². The molecule has 0 bridgehead atoms. The van der Waals surface area contributed by atoms with Gasteiger partial charge in [-0.15, -0.1) is 0 Å². The van der Waals surface area contributed by atoms with Crippen molar-refractivity contribution in [1.82, 2.24) is 15.0 Å². The van der Waals surface area contributed by atoms with Crippen LogP contribution in [0.3, 0.4) is 0 Å². The molecule has 0 saturated carbocycles. The summed E-state index contributed by atoms with van der Waals surface area (Å²) in [5.41, 5.74) is 8.10. The van der Waals surface area contributed by atoms with Gasteiger partial charge in [-0.3, -0.25) is 4.98 Å². The van der Waals surface area contributed by atoms with E-state index < -0.39 is 0 Å². The molecule has 3 aromatic rings. The molecule has 0 spiro atoms. The number of aromatic nitrogens is 3. The second kappa shape index (κ2) is 5.80. The van der Waals surface area contributed by atoms with Crippen LogP contribution in [0.25, 0.3) is 10.9 Å². The molecule has 2 heterocycles. The molecular formula is C15H13N5S. The monoisotopic (exact) mass is 295 g/mol. The molecule has 6 heteroatoms. The van der Waals surface area contributed by atoms with Crippen molar-refractivity contribution >= 4 is 33.9 Å². The number of nitrogens with two attached hydrogens (primary N) is 1. The second-order valence-corrected chi connectivity index (χ2v) is 4.94. The Balaban J connectivity index is 1.79. The summed E-state index contributed by atoms with van der Waals surface area (Å²) in [7, 11) is 0.